The molecule has 0 radical (unpaired) electrons. The van der Waals surface area contributed by atoms with Crippen molar-refractivity contribution in [3.63, 3.8) is 0 Å². The molecule has 3 rings (SSSR count). The molecule has 1 aromatic heterocycles. The van der Waals surface area contributed by atoms with Crippen molar-refractivity contribution in [2.24, 2.45) is 5.92 Å². The van der Waals surface area contributed by atoms with Crippen LogP contribution < -0.4 is 5.32 Å². The van der Waals surface area contributed by atoms with Crippen LogP contribution in [0.3, 0.4) is 0 Å². The number of aromatic nitrogens is 2. The molecule has 1 fully saturated rings. The lowest BCUT2D eigenvalue weighted by Gasteiger charge is -2.27. The van der Waals surface area contributed by atoms with Gasteiger partial charge in [0, 0.05) is 25.0 Å². The summed E-state index contributed by atoms with van der Waals surface area (Å²) in [5.41, 5.74) is 1.39. The van der Waals surface area contributed by atoms with Crippen molar-refractivity contribution in [1.29, 1.82) is 0 Å². The fourth-order valence-corrected chi connectivity index (χ4v) is 2.67. The highest BCUT2D eigenvalue weighted by molar-refractivity contribution is 5.12. The second-order valence-electron chi connectivity index (χ2n) is 4.94. The van der Waals surface area contributed by atoms with Gasteiger partial charge in [-0.05, 0) is 18.8 Å². The van der Waals surface area contributed by atoms with Gasteiger partial charge in [0.05, 0.1) is 19.3 Å². The van der Waals surface area contributed by atoms with Gasteiger partial charge in [-0.15, -0.1) is 0 Å². The quantitative estimate of drug-likeness (QED) is 0.772. The molecule has 4 nitrogen and oxygen atoms in total. The number of rotatable bonds is 1. The van der Waals surface area contributed by atoms with Gasteiger partial charge in [-0.1, -0.05) is 6.92 Å². The van der Waals surface area contributed by atoms with Gasteiger partial charge in [-0.3, -0.25) is 0 Å². The van der Waals surface area contributed by atoms with E-state index >= 15 is 0 Å². The zero-order chi connectivity index (χ0) is 11.0. The van der Waals surface area contributed by atoms with E-state index in [0.717, 1.165) is 32.2 Å². The molecule has 0 amide bonds. The number of imidazole rings is 1. The van der Waals surface area contributed by atoms with Crippen LogP contribution in [0.15, 0.2) is 6.20 Å². The molecule has 0 saturated carbocycles. The monoisotopic (exact) mass is 221 g/mol. The van der Waals surface area contributed by atoms with Gasteiger partial charge in [0.1, 0.15) is 5.82 Å². The summed E-state index contributed by atoms with van der Waals surface area (Å²) in [6.45, 7) is 5.94. The third kappa shape index (κ3) is 1.76. The Bertz CT molecular complexity index is 368. The highest BCUT2D eigenvalue weighted by atomic mass is 16.5. The van der Waals surface area contributed by atoms with Gasteiger partial charge in [-0.2, -0.15) is 0 Å². The largest absolute Gasteiger partial charge is 0.378 e. The van der Waals surface area contributed by atoms with Gasteiger partial charge in [0.25, 0.3) is 0 Å². The highest BCUT2D eigenvalue weighted by Crippen LogP contribution is 2.24. The van der Waals surface area contributed by atoms with E-state index in [1.807, 2.05) is 6.20 Å². The standard InChI is InChI=1S/C12H19N3O/c1-9-2-4-15-10(6-9)7-14-12(15)11-8-16-5-3-13-11/h7,9,11,13H,2-6,8H2,1H3. The molecule has 16 heavy (non-hydrogen) atoms. The number of fused-ring (bicyclic) bond motifs is 1. The van der Waals surface area contributed by atoms with Crippen molar-refractivity contribution in [1.82, 2.24) is 14.9 Å². The van der Waals surface area contributed by atoms with Crippen molar-refractivity contribution in [2.45, 2.75) is 32.4 Å². The first-order valence-corrected chi connectivity index (χ1v) is 6.20. The summed E-state index contributed by atoms with van der Waals surface area (Å²) in [6.07, 6.45) is 4.48. The molecule has 2 aliphatic rings. The molecule has 1 saturated heterocycles. The van der Waals surface area contributed by atoms with Gasteiger partial charge < -0.3 is 14.6 Å². The average molecular weight is 221 g/mol. The molecule has 1 N–H and O–H groups in total. The van der Waals surface area contributed by atoms with Crippen LogP contribution in [-0.4, -0.2) is 29.3 Å². The van der Waals surface area contributed by atoms with E-state index in [1.165, 1.54) is 24.4 Å². The Morgan fingerprint density at radius 3 is 3.31 bits per heavy atom. The van der Waals surface area contributed by atoms with Crippen LogP contribution in [0, 0.1) is 5.92 Å². The second-order valence-corrected chi connectivity index (χ2v) is 4.94. The van der Waals surface area contributed by atoms with Crippen LogP contribution in [0.2, 0.25) is 0 Å². The Labute approximate surface area is 96.0 Å². The lowest BCUT2D eigenvalue weighted by Crippen LogP contribution is -2.36. The van der Waals surface area contributed by atoms with E-state index in [-0.39, 0.29) is 6.04 Å². The van der Waals surface area contributed by atoms with Crippen molar-refractivity contribution >= 4 is 0 Å². The Balaban J connectivity index is 1.85. The van der Waals surface area contributed by atoms with Crippen LogP contribution >= 0.6 is 0 Å². The second kappa shape index (κ2) is 4.18. The van der Waals surface area contributed by atoms with E-state index in [9.17, 15) is 0 Å². The van der Waals surface area contributed by atoms with E-state index in [4.69, 9.17) is 4.74 Å². The first-order valence-electron chi connectivity index (χ1n) is 6.20. The number of nitrogens with zero attached hydrogens (tertiary/aromatic N) is 2. The molecule has 0 aliphatic carbocycles. The van der Waals surface area contributed by atoms with E-state index < -0.39 is 0 Å². The van der Waals surface area contributed by atoms with E-state index in [1.54, 1.807) is 0 Å². The first kappa shape index (κ1) is 10.3. The Morgan fingerprint density at radius 2 is 2.50 bits per heavy atom. The molecule has 2 aliphatic heterocycles. The smallest absolute Gasteiger partial charge is 0.128 e. The van der Waals surface area contributed by atoms with Crippen LogP contribution in [0.25, 0.3) is 0 Å². The summed E-state index contributed by atoms with van der Waals surface area (Å²) >= 11 is 0. The van der Waals surface area contributed by atoms with Crippen LogP contribution in [-0.2, 0) is 17.7 Å². The zero-order valence-corrected chi connectivity index (χ0v) is 9.78. The zero-order valence-electron chi connectivity index (χ0n) is 9.78. The molecular weight excluding hydrogens is 202 g/mol. The minimum Gasteiger partial charge on any atom is -0.378 e. The van der Waals surface area contributed by atoms with Gasteiger partial charge >= 0.3 is 0 Å². The molecular formula is C12H19N3O. The summed E-state index contributed by atoms with van der Waals surface area (Å²) in [5, 5.41) is 3.47. The predicted octanol–water partition coefficient (Wildman–Crippen LogP) is 1.13. The number of hydrogen-bond acceptors (Lipinski definition) is 3. The van der Waals surface area contributed by atoms with Crippen LogP contribution in [0.4, 0.5) is 0 Å². The molecule has 1 aromatic rings. The fourth-order valence-electron chi connectivity index (χ4n) is 2.67. The third-order valence-corrected chi connectivity index (χ3v) is 3.61. The maximum atomic E-state index is 5.50. The summed E-state index contributed by atoms with van der Waals surface area (Å²) in [4.78, 5) is 4.58. The van der Waals surface area contributed by atoms with Crippen molar-refractivity contribution in [2.75, 3.05) is 19.8 Å². The molecule has 4 heteroatoms. The Morgan fingerprint density at radius 1 is 1.56 bits per heavy atom. The molecule has 88 valence electrons. The summed E-state index contributed by atoms with van der Waals surface area (Å²) in [7, 11) is 0. The molecule has 0 spiro atoms. The van der Waals surface area contributed by atoms with Crippen molar-refractivity contribution in [3.8, 4) is 0 Å². The number of ether oxygens (including phenoxy) is 1. The molecule has 0 bridgehead atoms. The lowest BCUT2D eigenvalue weighted by molar-refractivity contribution is 0.0727. The van der Waals surface area contributed by atoms with Crippen LogP contribution in [0.5, 0.6) is 0 Å². The van der Waals surface area contributed by atoms with Gasteiger partial charge in [0.15, 0.2) is 0 Å². The number of hydrogen-bond donors (Lipinski definition) is 1. The maximum absolute atomic E-state index is 5.50. The average Bonchev–Trinajstić information content (AvgIpc) is 2.73. The normalized spacial score (nSPS) is 30.1. The Kier molecular flexibility index (Phi) is 2.69. The van der Waals surface area contributed by atoms with Gasteiger partial charge in [-0.25, -0.2) is 4.98 Å². The summed E-state index contributed by atoms with van der Waals surface area (Å²) in [6, 6.07) is 0.288. The SMILES string of the molecule is CC1CCn2c(cnc2C2COCCN2)C1. The van der Waals surface area contributed by atoms with E-state index in [0.29, 0.717) is 0 Å². The summed E-state index contributed by atoms with van der Waals surface area (Å²) < 4.78 is 7.88. The van der Waals surface area contributed by atoms with Gasteiger partial charge in [0.2, 0.25) is 0 Å². The lowest BCUT2D eigenvalue weighted by atomic mass is 9.98. The van der Waals surface area contributed by atoms with Crippen molar-refractivity contribution < 1.29 is 4.74 Å². The first-order chi connectivity index (χ1) is 7.84. The molecule has 2 unspecified atom stereocenters. The number of morpholine rings is 1. The maximum Gasteiger partial charge on any atom is 0.128 e. The minimum atomic E-state index is 0.288. The molecule has 2 atom stereocenters. The Hall–Kier alpha value is -0.870. The highest BCUT2D eigenvalue weighted by Gasteiger charge is 2.24. The molecule has 0 aromatic carbocycles. The number of nitrogens with one attached hydrogen (secondary N) is 1. The fraction of sp³-hybridized carbons (Fsp3) is 0.750. The van der Waals surface area contributed by atoms with Crippen LogP contribution in [0.1, 0.15) is 30.9 Å². The molecule has 3 heterocycles. The topological polar surface area (TPSA) is 39.1 Å². The van der Waals surface area contributed by atoms with E-state index in [2.05, 4.69) is 21.8 Å². The predicted molar refractivity (Wildman–Crippen MR) is 61.3 cm³/mol. The summed E-state index contributed by atoms with van der Waals surface area (Å²) in [5.74, 6) is 1.97. The third-order valence-electron chi connectivity index (χ3n) is 3.61. The van der Waals surface area contributed by atoms with Crippen molar-refractivity contribution in [3.05, 3.63) is 17.7 Å². The minimum absolute atomic E-state index is 0.288.